The summed E-state index contributed by atoms with van der Waals surface area (Å²) in [5, 5.41) is 0. The van der Waals surface area contributed by atoms with Crippen molar-refractivity contribution in [3.63, 3.8) is 0 Å². The van der Waals surface area contributed by atoms with Crippen LogP contribution in [0.25, 0.3) is 0 Å². The minimum atomic E-state index is 0.158. The second-order valence-corrected chi connectivity index (χ2v) is 6.42. The zero-order chi connectivity index (χ0) is 12.6. The monoisotopic (exact) mass is 343 g/mol. The summed E-state index contributed by atoms with van der Waals surface area (Å²) in [6.07, 6.45) is 0.620. The molecule has 1 atom stereocenters. The van der Waals surface area contributed by atoms with E-state index in [4.69, 9.17) is 0 Å². The molecule has 0 aliphatic carbocycles. The maximum Gasteiger partial charge on any atom is 0.194 e. The molecule has 0 amide bonds. The number of halogens is 1. The van der Waals surface area contributed by atoms with Crippen LogP contribution in [0.15, 0.2) is 24.3 Å². The zero-order valence-electron chi connectivity index (χ0n) is 10.5. The van der Waals surface area contributed by atoms with Gasteiger partial charge < -0.3 is 4.90 Å². The maximum absolute atomic E-state index is 11.1. The first-order valence-corrected chi connectivity index (χ1v) is 7.07. The van der Waals surface area contributed by atoms with Crippen LogP contribution in [0.5, 0.6) is 0 Å². The fourth-order valence-corrected chi connectivity index (χ4v) is 2.86. The van der Waals surface area contributed by atoms with Gasteiger partial charge in [-0.1, -0.05) is 32.0 Å². The van der Waals surface area contributed by atoms with Gasteiger partial charge in [0.2, 0.25) is 0 Å². The fraction of sp³-hybridized carbons (Fsp3) is 0.500. The van der Waals surface area contributed by atoms with E-state index in [0.717, 1.165) is 6.54 Å². The highest BCUT2D eigenvalue weighted by Gasteiger charge is 2.41. The molecule has 0 aromatic heterocycles. The molecule has 1 aliphatic rings. The number of anilines is 1. The molecule has 0 fully saturated rings. The molecule has 0 saturated heterocycles. The maximum atomic E-state index is 11.1. The molecule has 0 N–H and O–H groups in total. The van der Waals surface area contributed by atoms with Crippen LogP contribution >= 0.6 is 22.6 Å². The van der Waals surface area contributed by atoms with Gasteiger partial charge in [0, 0.05) is 30.1 Å². The zero-order valence-corrected chi connectivity index (χ0v) is 12.7. The number of carbonyl (C=O) groups is 1. The fourth-order valence-electron chi connectivity index (χ4n) is 2.61. The molecule has 0 spiro atoms. The van der Waals surface area contributed by atoms with Crippen molar-refractivity contribution in [2.24, 2.45) is 0 Å². The molecule has 2 nitrogen and oxygen atoms in total. The van der Waals surface area contributed by atoms with Gasteiger partial charge in [-0.25, -0.2) is 0 Å². The lowest BCUT2D eigenvalue weighted by Crippen LogP contribution is -2.39. The highest BCUT2D eigenvalue weighted by atomic mass is 127. The molecule has 92 valence electrons. The van der Waals surface area contributed by atoms with Gasteiger partial charge in [0.1, 0.15) is 0 Å². The Labute approximate surface area is 117 Å². The van der Waals surface area contributed by atoms with Crippen molar-refractivity contribution in [2.45, 2.75) is 38.6 Å². The summed E-state index contributed by atoms with van der Waals surface area (Å²) in [7, 11) is 0. The summed E-state index contributed by atoms with van der Waals surface area (Å²) in [5.41, 5.74) is 2.85. The van der Waals surface area contributed by atoms with Crippen LogP contribution in [0.2, 0.25) is 0 Å². The predicted octanol–water partition coefficient (Wildman–Crippen LogP) is 3.52. The van der Waals surface area contributed by atoms with Crippen molar-refractivity contribution >= 4 is 32.1 Å². The lowest BCUT2D eigenvalue weighted by Gasteiger charge is -2.31. The first kappa shape index (κ1) is 12.9. The van der Waals surface area contributed by atoms with E-state index in [1.54, 1.807) is 0 Å². The Bertz CT molecular complexity index is 442. The molecule has 2 rings (SSSR count). The van der Waals surface area contributed by atoms with E-state index in [-0.39, 0.29) is 9.20 Å². The number of rotatable bonds is 3. The normalized spacial score (nSPS) is 21.4. The SMILES string of the molecule is CC1N(CCC(=O)I)c2ccccc2C1(C)C. The molecule has 1 unspecified atom stereocenters. The third-order valence-corrected chi connectivity index (χ3v) is 4.51. The standard InChI is InChI=1S/C14H18INO/c1-10-14(2,3)11-6-4-5-7-12(11)16(10)9-8-13(15)17/h4-7,10H,8-9H2,1-3H3. The Morgan fingerprint density at radius 2 is 2.06 bits per heavy atom. The van der Waals surface area contributed by atoms with Crippen LogP contribution in [0, 0.1) is 0 Å². The van der Waals surface area contributed by atoms with Crippen LogP contribution in [-0.2, 0) is 10.2 Å². The Morgan fingerprint density at radius 3 is 2.71 bits per heavy atom. The molecule has 1 aliphatic heterocycles. The molecule has 1 aromatic carbocycles. The Morgan fingerprint density at radius 1 is 1.41 bits per heavy atom. The van der Waals surface area contributed by atoms with Crippen molar-refractivity contribution in [3.05, 3.63) is 29.8 Å². The summed E-state index contributed by atoms with van der Waals surface area (Å²) in [5.74, 6) is 0. The van der Waals surface area contributed by atoms with Crippen molar-refractivity contribution in [1.82, 2.24) is 0 Å². The van der Waals surface area contributed by atoms with Crippen LogP contribution in [0.3, 0.4) is 0 Å². The summed E-state index contributed by atoms with van der Waals surface area (Å²) in [6, 6.07) is 8.98. The quantitative estimate of drug-likeness (QED) is 0.618. The molecule has 0 saturated carbocycles. The van der Waals surface area contributed by atoms with E-state index in [0.29, 0.717) is 12.5 Å². The molecule has 17 heavy (non-hydrogen) atoms. The van der Waals surface area contributed by atoms with Crippen molar-refractivity contribution in [2.75, 3.05) is 11.4 Å². The van der Waals surface area contributed by atoms with Crippen molar-refractivity contribution in [3.8, 4) is 0 Å². The average Bonchev–Trinajstić information content (AvgIpc) is 2.47. The average molecular weight is 343 g/mol. The topological polar surface area (TPSA) is 20.3 Å². The summed E-state index contributed by atoms with van der Waals surface area (Å²) in [6.45, 7) is 7.63. The van der Waals surface area contributed by atoms with E-state index in [2.05, 4.69) is 49.9 Å². The molecule has 1 aromatic rings. The second kappa shape index (κ2) is 4.59. The molecule has 0 radical (unpaired) electrons. The number of para-hydroxylation sites is 1. The first-order chi connectivity index (χ1) is 7.94. The molecular weight excluding hydrogens is 325 g/mol. The summed E-state index contributed by atoms with van der Waals surface area (Å²) >= 11 is 1.88. The van der Waals surface area contributed by atoms with Crippen LogP contribution in [-0.4, -0.2) is 16.4 Å². The van der Waals surface area contributed by atoms with E-state index in [1.807, 2.05) is 22.6 Å². The number of fused-ring (bicyclic) bond motifs is 1. The van der Waals surface area contributed by atoms with Crippen molar-refractivity contribution < 1.29 is 4.79 Å². The highest BCUT2D eigenvalue weighted by Crippen LogP contribution is 2.44. The van der Waals surface area contributed by atoms with Gasteiger partial charge in [0.25, 0.3) is 0 Å². The van der Waals surface area contributed by atoms with Crippen molar-refractivity contribution in [1.29, 1.82) is 0 Å². The van der Waals surface area contributed by atoms with Crippen LogP contribution in [0.4, 0.5) is 5.69 Å². The van der Waals surface area contributed by atoms with Gasteiger partial charge >= 0.3 is 0 Å². The Kier molecular flexibility index (Phi) is 3.48. The number of carbonyl (C=O) groups excluding carboxylic acids is 1. The molecular formula is C14H18INO. The largest absolute Gasteiger partial charge is 0.367 e. The first-order valence-electron chi connectivity index (χ1n) is 5.99. The van der Waals surface area contributed by atoms with Crippen LogP contribution in [0.1, 0.15) is 32.8 Å². The number of benzene rings is 1. The molecule has 3 heteroatoms. The summed E-state index contributed by atoms with van der Waals surface area (Å²) < 4.78 is 0.233. The number of hydrogen-bond acceptors (Lipinski definition) is 2. The highest BCUT2D eigenvalue weighted by molar-refractivity contribution is 14.1. The van der Waals surface area contributed by atoms with E-state index >= 15 is 0 Å². The molecule has 1 heterocycles. The van der Waals surface area contributed by atoms with Gasteiger partial charge in [-0.15, -0.1) is 0 Å². The number of nitrogens with zero attached hydrogens (tertiary/aromatic N) is 1. The minimum absolute atomic E-state index is 0.158. The van der Waals surface area contributed by atoms with E-state index < -0.39 is 0 Å². The number of hydrogen-bond donors (Lipinski definition) is 0. The Hall–Kier alpha value is -0.580. The smallest absolute Gasteiger partial charge is 0.194 e. The van der Waals surface area contributed by atoms with Gasteiger partial charge in [-0.3, -0.25) is 4.79 Å². The van der Waals surface area contributed by atoms with Crippen LogP contribution < -0.4 is 4.90 Å². The van der Waals surface area contributed by atoms with Gasteiger partial charge in [0.05, 0.1) is 0 Å². The van der Waals surface area contributed by atoms with Gasteiger partial charge in [-0.05, 0) is 41.1 Å². The van der Waals surface area contributed by atoms with Gasteiger partial charge in [-0.2, -0.15) is 0 Å². The Balaban J connectivity index is 2.32. The predicted molar refractivity (Wildman–Crippen MR) is 79.9 cm³/mol. The lowest BCUT2D eigenvalue weighted by molar-refractivity contribution is -0.109. The lowest BCUT2D eigenvalue weighted by atomic mass is 9.81. The second-order valence-electron chi connectivity index (χ2n) is 5.21. The minimum Gasteiger partial charge on any atom is -0.367 e. The summed E-state index contributed by atoms with van der Waals surface area (Å²) in [4.78, 5) is 13.5. The van der Waals surface area contributed by atoms with E-state index in [1.165, 1.54) is 11.3 Å². The third kappa shape index (κ3) is 2.21. The van der Waals surface area contributed by atoms with E-state index in [9.17, 15) is 4.79 Å². The van der Waals surface area contributed by atoms with Gasteiger partial charge in [0.15, 0.2) is 3.79 Å². The third-order valence-electron chi connectivity index (χ3n) is 3.97. The molecule has 0 bridgehead atoms.